The van der Waals surface area contributed by atoms with E-state index >= 15 is 0 Å². The van der Waals surface area contributed by atoms with Gasteiger partial charge in [0.1, 0.15) is 0 Å². The summed E-state index contributed by atoms with van der Waals surface area (Å²) in [6.45, 7) is 4.41. The number of aromatic nitrogens is 1. The van der Waals surface area contributed by atoms with Gasteiger partial charge in [0.25, 0.3) is 5.56 Å². The minimum atomic E-state index is 0.0378. The Morgan fingerprint density at radius 1 is 1.00 bits per heavy atom. The van der Waals surface area contributed by atoms with Crippen molar-refractivity contribution in [1.82, 2.24) is 20.1 Å². The van der Waals surface area contributed by atoms with Crippen molar-refractivity contribution in [2.45, 2.75) is 37.9 Å². The summed E-state index contributed by atoms with van der Waals surface area (Å²) in [5.74, 6) is 1.03. The van der Waals surface area contributed by atoms with Crippen LogP contribution in [0.25, 0.3) is 0 Å². The monoisotopic (exact) mass is 392 g/mol. The summed E-state index contributed by atoms with van der Waals surface area (Å²) in [5.41, 5.74) is 3.31. The summed E-state index contributed by atoms with van der Waals surface area (Å²) < 4.78 is 2.00. The smallest absolute Gasteiger partial charge is 0.255 e. The SMILES string of the molecule is O=C1CN(Cc2ccc3n(c2=O)C[C@@H]2CNC[C@H]3C2)C[C@H](Cc2ccccc2)N1. The van der Waals surface area contributed by atoms with Gasteiger partial charge in [-0.2, -0.15) is 0 Å². The van der Waals surface area contributed by atoms with Gasteiger partial charge in [0.05, 0.1) is 6.54 Å². The standard InChI is InChI=1S/C23H28N4O2/c28-22-15-26(14-20(25-22)9-16-4-2-1-3-5-16)13-18-6-7-21-19-8-17(10-24-11-19)12-27(21)23(18)29/h1-7,17,19-20,24H,8-15H2,(H,25,28)/t17-,19+,20-/m0/s1. The molecule has 0 unspecified atom stereocenters. The number of hydrogen-bond acceptors (Lipinski definition) is 4. The van der Waals surface area contributed by atoms with Gasteiger partial charge in [0.15, 0.2) is 0 Å². The van der Waals surface area contributed by atoms with Crippen LogP contribution in [-0.4, -0.2) is 47.6 Å². The van der Waals surface area contributed by atoms with Crippen LogP contribution < -0.4 is 16.2 Å². The third-order valence-electron chi connectivity index (χ3n) is 6.52. The fourth-order valence-electron chi connectivity index (χ4n) is 5.23. The van der Waals surface area contributed by atoms with E-state index in [-0.39, 0.29) is 17.5 Å². The number of hydrogen-bond donors (Lipinski definition) is 2. The molecule has 3 aliphatic rings. The Kier molecular flexibility index (Phi) is 4.97. The molecule has 2 fully saturated rings. The lowest BCUT2D eigenvalue weighted by atomic mass is 9.84. The number of piperidine rings is 1. The van der Waals surface area contributed by atoms with Crippen molar-refractivity contribution >= 4 is 5.91 Å². The predicted molar refractivity (Wildman–Crippen MR) is 112 cm³/mol. The maximum Gasteiger partial charge on any atom is 0.255 e. The third kappa shape index (κ3) is 3.87. The van der Waals surface area contributed by atoms with Crippen LogP contribution in [-0.2, 0) is 24.3 Å². The zero-order valence-corrected chi connectivity index (χ0v) is 16.6. The van der Waals surface area contributed by atoms with Gasteiger partial charge in [-0.25, -0.2) is 0 Å². The third-order valence-corrected chi connectivity index (χ3v) is 6.52. The van der Waals surface area contributed by atoms with Gasteiger partial charge in [0.2, 0.25) is 5.91 Å². The number of carbonyl (C=O) groups is 1. The number of rotatable bonds is 4. The van der Waals surface area contributed by atoms with Gasteiger partial charge in [-0.1, -0.05) is 36.4 Å². The molecule has 2 N–H and O–H groups in total. The predicted octanol–water partition coefficient (Wildman–Crippen LogP) is 1.10. The highest BCUT2D eigenvalue weighted by Crippen LogP contribution is 2.31. The maximum absolute atomic E-state index is 13.2. The molecule has 2 aromatic rings. The molecule has 3 atom stereocenters. The van der Waals surface area contributed by atoms with Gasteiger partial charge in [-0.05, 0) is 36.9 Å². The highest BCUT2D eigenvalue weighted by molar-refractivity contribution is 5.79. The van der Waals surface area contributed by atoms with E-state index in [9.17, 15) is 9.59 Å². The molecule has 29 heavy (non-hydrogen) atoms. The first-order valence-corrected chi connectivity index (χ1v) is 10.6. The van der Waals surface area contributed by atoms with Crippen LogP contribution in [0.15, 0.2) is 47.3 Å². The first-order chi connectivity index (χ1) is 14.2. The number of pyridine rings is 1. The number of nitrogens with zero attached hydrogens (tertiary/aromatic N) is 2. The van der Waals surface area contributed by atoms with E-state index in [2.05, 4.69) is 33.7 Å². The van der Waals surface area contributed by atoms with Crippen LogP contribution in [0.1, 0.15) is 29.2 Å². The molecule has 0 saturated carbocycles. The van der Waals surface area contributed by atoms with E-state index in [0.717, 1.165) is 38.2 Å². The average molecular weight is 393 g/mol. The summed E-state index contributed by atoms with van der Waals surface area (Å²) >= 11 is 0. The Labute approximate surface area is 170 Å². The number of piperazine rings is 1. The van der Waals surface area contributed by atoms with Crippen LogP contribution >= 0.6 is 0 Å². The van der Waals surface area contributed by atoms with E-state index in [4.69, 9.17) is 0 Å². The maximum atomic E-state index is 13.2. The van der Waals surface area contributed by atoms with E-state index < -0.39 is 0 Å². The summed E-state index contributed by atoms with van der Waals surface area (Å²) in [6.07, 6.45) is 1.99. The number of amides is 1. The van der Waals surface area contributed by atoms with Crippen molar-refractivity contribution < 1.29 is 4.79 Å². The molecule has 5 rings (SSSR count). The van der Waals surface area contributed by atoms with Gasteiger partial charge < -0.3 is 15.2 Å². The Morgan fingerprint density at radius 3 is 2.72 bits per heavy atom. The Hall–Kier alpha value is -2.44. The van der Waals surface area contributed by atoms with Gasteiger partial charge in [-0.3, -0.25) is 14.5 Å². The van der Waals surface area contributed by atoms with Crippen molar-refractivity contribution in [3.05, 3.63) is 69.6 Å². The topological polar surface area (TPSA) is 66.4 Å². The summed E-state index contributed by atoms with van der Waals surface area (Å²) in [7, 11) is 0. The van der Waals surface area contributed by atoms with Crippen LogP contribution in [0.4, 0.5) is 0 Å². The fourth-order valence-corrected chi connectivity index (χ4v) is 5.23. The largest absolute Gasteiger partial charge is 0.351 e. The molecule has 2 bridgehead atoms. The molecular formula is C23H28N4O2. The Balaban J connectivity index is 1.33. The molecule has 1 aromatic heterocycles. The van der Waals surface area contributed by atoms with E-state index in [1.54, 1.807) is 0 Å². The number of benzene rings is 1. The highest BCUT2D eigenvalue weighted by Gasteiger charge is 2.32. The quantitative estimate of drug-likeness (QED) is 0.818. The van der Waals surface area contributed by atoms with Crippen LogP contribution in [0.2, 0.25) is 0 Å². The second-order valence-electron chi connectivity index (χ2n) is 8.78. The number of fused-ring (bicyclic) bond motifs is 4. The molecule has 2 saturated heterocycles. The lowest BCUT2D eigenvalue weighted by Crippen LogP contribution is -2.55. The normalized spacial score (nSPS) is 26.6. The summed E-state index contributed by atoms with van der Waals surface area (Å²) in [4.78, 5) is 27.6. The van der Waals surface area contributed by atoms with Crippen LogP contribution in [0, 0.1) is 5.92 Å². The van der Waals surface area contributed by atoms with Crippen LogP contribution in [0.5, 0.6) is 0 Å². The second kappa shape index (κ2) is 7.76. The molecule has 1 aromatic carbocycles. The van der Waals surface area contributed by atoms with Crippen molar-refractivity contribution in [2.24, 2.45) is 5.92 Å². The molecule has 0 aliphatic carbocycles. The van der Waals surface area contributed by atoms with Crippen molar-refractivity contribution in [3.63, 3.8) is 0 Å². The molecular weight excluding hydrogens is 364 g/mol. The summed E-state index contributed by atoms with van der Waals surface area (Å²) in [6, 6.07) is 14.4. The molecule has 0 spiro atoms. The molecule has 4 heterocycles. The van der Waals surface area contributed by atoms with Gasteiger partial charge >= 0.3 is 0 Å². The van der Waals surface area contributed by atoms with E-state index in [1.807, 2.05) is 28.8 Å². The van der Waals surface area contributed by atoms with Crippen molar-refractivity contribution in [3.8, 4) is 0 Å². The average Bonchev–Trinajstić information content (AvgIpc) is 2.71. The summed E-state index contributed by atoms with van der Waals surface area (Å²) in [5, 5.41) is 6.59. The number of carbonyl (C=O) groups excluding carboxylic acids is 1. The zero-order chi connectivity index (χ0) is 19.8. The first-order valence-electron chi connectivity index (χ1n) is 10.6. The van der Waals surface area contributed by atoms with E-state index in [0.29, 0.717) is 24.9 Å². The zero-order valence-electron chi connectivity index (χ0n) is 16.6. The second-order valence-corrected chi connectivity index (χ2v) is 8.78. The van der Waals surface area contributed by atoms with Crippen molar-refractivity contribution in [2.75, 3.05) is 26.2 Å². The molecule has 6 nitrogen and oxygen atoms in total. The molecule has 152 valence electrons. The molecule has 6 heteroatoms. The van der Waals surface area contributed by atoms with Crippen molar-refractivity contribution in [1.29, 1.82) is 0 Å². The lowest BCUT2D eigenvalue weighted by molar-refractivity contribution is -0.125. The minimum absolute atomic E-state index is 0.0378. The van der Waals surface area contributed by atoms with Crippen LogP contribution in [0.3, 0.4) is 0 Å². The molecule has 3 aliphatic heterocycles. The number of nitrogens with one attached hydrogen (secondary N) is 2. The fraction of sp³-hybridized carbons (Fsp3) is 0.478. The van der Waals surface area contributed by atoms with Gasteiger partial charge in [-0.15, -0.1) is 0 Å². The Morgan fingerprint density at radius 2 is 1.86 bits per heavy atom. The Bertz CT molecular complexity index is 955. The highest BCUT2D eigenvalue weighted by atomic mass is 16.2. The van der Waals surface area contributed by atoms with E-state index in [1.165, 1.54) is 17.7 Å². The van der Waals surface area contributed by atoms with Gasteiger partial charge in [0, 0.05) is 49.4 Å². The lowest BCUT2D eigenvalue weighted by Gasteiger charge is -2.38. The molecule has 1 amide bonds. The minimum Gasteiger partial charge on any atom is -0.351 e. The first kappa shape index (κ1) is 18.6. The molecule has 0 radical (unpaired) electrons.